The minimum atomic E-state index is -1.35. The highest BCUT2D eigenvalue weighted by molar-refractivity contribution is 7.13. The van der Waals surface area contributed by atoms with Gasteiger partial charge >= 0.3 is 6.09 Å². The molecular formula is C10H7N3O4S. The lowest BCUT2D eigenvalue weighted by Crippen LogP contribution is -2.09. The topological polar surface area (TPSA) is 105 Å². The van der Waals surface area contributed by atoms with E-state index in [1.165, 1.54) is 23.5 Å². The first-order chi connectivity index (χ1) is 8.58. The minimum absolute atomic E-state index is 0.0622. The van der Waals surface area contributed by atoms with Crippen molar-refractivity contribution in [3.63, 3.8) is 0 Å². The Hall–Kier alpha value is -2.48. The van der Waals surface area contributed by atoms with Gasteiger partial charge in [0.1, 0.15) is 10.7 Å². The fraction of sp³-hybridized carbons (Fsp3) is 0. The number of carboxylic acid groups (broad SMARTS) is 1. The van der Waals surface area contributed by atoms with Gasteiger partial charge in [0.25, 0.3) is 5.69 Å². The summed E-state index contributed by atoms with van der Waals surface area (Å²) in [5.74, 6) is 0. The summed E-state index contributed by atoms with van der Waals surface area (Å²) < 4.78 is 0. The summed E-state index contributed by atoms with van der Waals surface area (Å²) in [5.41, 5.74) is 0.213. The van der Waals surface area contributed by atoms with E-state index in [1.54, 1.807) is 17.6 Å². The van der Waals surface area contributed by atoms with E-state index in [2.05, 4.69) is 4.98 Å². The van der Waals surface area contributed by atoms with E-state index in [4.69, 9.17) is 5.11 Å². The first kappa shape index (κ1) is 12.0. The van der Waals surface area contributed by atoms with E-state index in [9.17, 15) is 14.9 Å². The molecule has 0 aliphatic carbocycles. The van der Waals surface area contributed by atoms with Crippen LogP contribution in [0.15, 0.2) is 29.8 Å². The fourth-order valence-corrected chi connectivity index (χ4v) is 2.04. The highest BCUT2D eigenvalue weighted by atomic mass is 32.1. The number of hydrogen-bond donors (Lipinski definition) is 2. The van der Waals surface area contributed by atoms with Gasteiger partial charge in [-0.15, -0.1) is 11.3 Å². The van der Waals surface area contributed by atoms with Crippen LogP contribution >= 0.6 is 11.3 Å². The molecule has 92 valence electrons. The number of anilines is 1. The second-order valence-corrected chi connectivity index (χ2v) is 4.15. The van der Waals surface area contributed by atoms with Crippen molar-refractivity contribution in [2.45, 2.75) is 0 Å². The van der Waals surface area contributed by atoms with Gasteiger partial charge in [-0.1, -0.05) is 0 Å². The first-order valence-electron chi connectivity index (χ1n) is 4.76. The number of aromatic nitrogens is 1. The second kappa shape index (κ2) is 4.80. The van der Waals surface area contributed by atoms with E-state index < -0.39 is 11.0 Å². The molecule has 0 aliphatic rings. The molecule has 8 heteroatoms. The lowest BCUT2D eigenvalue weighted by molar-refractivity contribution is -0.383. The molecule has 0 unspecified atom stereocenters. The Kier molecular flexibility index (Phi) is 3.20. The smallest absolute Gasteiger partial charge is 0.409 e. The van der Waals surface area contributed by atoms with Crippen molar-refractivity contribution in [3.05, 3.63) is 39.9 Å². The number of amides is 1. The Labute approximate surface area is 105 Å². The van der Waals surface area contributed by atoms with E-state index in [1.807, 2.05) is 5.32 Å². The molecule has 1 amide bonds. The fourth-order valence-electron chi connectivity index (χ4n) is 1.40. The van der Waals surface area contributed by atoms with Crippen molar-refractivity contribution in [1.29, 1.82) is 0 Å². The molecular weight excluding hydrogens is 258 g/mol. The number of carbonyl (C=O) groups is 1. The molecule has 0 saturated heterocycles. The lowest BCUT2D eigenvalue weighted by Gasteiger charge is -2.03. The number of hydrogen-bond acceptors (Lipinski definition) is 5. The van der Waals surface area contributed by atoms with Gasteiger partial charge in [0.05, 0.1) is 4.92 Å². The van der Waals surface area contributed by atoms with Gasteiger partial charge in [-0.2, -0.15) is 0 Å². The van der Waals surface area contributed by atoms with Crippen LogP contribution in [0.25, 0.3) is 10.6 Å². The third-order valence-electron chi connectivity index (χ3n) is 2.12. The van der Waals surface area contributed by atoms with Crippen LogP contribution in [0.2, 0.25) is 0 Å². The molecule has 2 N–H and O–H groups in total. The zero-order valence-electron chi connectivity index (χ0n) is 8.86. The van der Waals surface area contributed by atoms with Gasteiger partial charge in [-0.05, 0) is 12.1 Å². The Balaban J connectivity index is 2.46. The van der Waals surface area contributed by atoms with Crippen molar-refractivity contribution in [2.24, 2.45) is 0 Å². The molecule has 0 bridgehead atoms. The Morgan fingerprint density at radius 1 is 1.50 bits per heavy atom. The molecule has 1 heterocycles. The molecule has 0 saturated carbocycles. The SMILES string of the molecule is O=C(O)Nc1ccc(-c2nccs2)cc1[N+](=O)[O-]. The Morgan fingerprint density at radius 2 is 2.28 bits per heavy atom. The van der Waals surface area contributed by atoms with Gasteiger partial charge in [0, 0.05) is 23.2 Å². The number of nitro groups is 1. The van der Waals surface area contributed by atoms with Crippen molar-refractivity contribution in [2.75, 3.05) is 5.32 Å². The number of thiazole rings is 1. The summed E-state index contributed by atoms with van der Waals surface area (Å²) in [6.07, 6.45) is 0.245. The average Bonchev–Trinajstić information content (AvgIpc) is 2.82. The van der Waals surface area contributed by atoms with Crippen molar-refractivity contribution in [1.82, 2.24) is 4.98 Å². The van der Waals surface area contributed by atoms with Crippen LogP contribution in [0, 0.1) is 10.1 Å². The second-order valence-electron chi connectivity index (χ2n) is 3.26. The van der Waals surface area contributed by atoms with Crippen LogP contribution in [0.5, 0.6) is 0 Å². The highest BCUT2D eigenvalue weighted by Gasteiger charge is 2.17. The molecule has 0 atom stereocenters. The Bertz CT molecular complexity index is 597. The standard InChI is InChI=1S/C10H7N3O4S/c14-10(15)12-7-2-1-6(5-8(7)13(16)17)9-11-3-4-18-9/h1-5,12H,(H,14,15). The molecule has 0 radical (unpaired) electrons. The largest absolute Gasteiger partial charge is 0.465 e. The molecule has 0 spiro atoms. The van der Waals surface area contributed by atoms with E-state index >= 15 is 0 Å². The van der Waals surface area contributed by atoms with Crippen LogP contribution in [0.3, 0.4) is 0 Å². The summed E-state index contributed by atoms with van der Waals surface area (Å²) in [4.78, 5) is 24.8. The monoisotopic (exact) mass is 265 g/mol. The van der Waals surface area contributed by atoms with Crippen molar-refractivity contribution >= 4 is 28.8 Å². The summed E-state index contributed by atoms with van der Waals surface area (Å²) in [6, 6.07) is 4.23. The summed E-state index contributed by atoms with van der Waals surface area (Å²) in [5, 5.41) is 23.8. The molecule has 0 aliphatic heterocycles. The van der Waals surface area contributed by atoms with Crippen LogP contribution in [-0.2, 0) is 0 Å². The van der Waals surface area contributed by atoms with Crippen LogP contribution in [-0.4, -0.2) is 21.1 Å². The number of rotatable bonds is 3. The number of nitrogens with one attached hydrogen (secondary N) is 1. The molecule has 2 aromatic rings. The van der Waals surface area contributed by atoms with Gasteiger partial charge in [0.15, 0.2) is 0 Å². The highest BCUT2D eigenvalue weighted by Crippen LogP contribution is 2.31. The van der Waals surface area contributed by atoms with Gasteiger partial charge in [-0.25, -0.2) is 9.78 Å². The van der Waals surface area contributed by atoms with Crippen molar-refractivity contribution in [3.8, 4) is 10.6 Å². The number of benzene rings is 1. The predicted molar refractivity (Wildman–Crippen MR) is 65.9 cm³/mol. The third kappa shape index (κ3) is 2.43. The van der Waals surface area contributed by atoms with Gasteiger partial charge < -0.3 is 5.11 Å². The van der Waals surface area contributed by atoms with Gasteiger partial charge in [0.2, 0.25) is 0 Å². The quantitative estimate of drug-likeness (QED) is 0.655. The lowest BCUT2D eigenvalue weighted by atomic mass is 10.2. The molecule has 2 rings (SSSR count). The van der Waals surface area contributed by atoms with Crippen LogP contribution in [0.1, 0.15) is 0 Å². The summed E-state index contributed by atoms with van der Waals surface area (Å²) in [7, 11) is 0. The normalized spacial score (nSPS) is 10.0. The van der Waals surface area contributed by atoms with Crippen LogP contribution < -0.4 is 5.32 Å². The molecule has 1 aromatic heterocycles. The summed E-state index contributed by atoms with van der Waals surface area (Å²) >= 11 is 1.35. The zero-order valence-corrected chi connectivity index (χ0v) is 9.68. The van der Waals surface area contributed by atoms with Gasteiger partial charge in [-0.3, -0.25) is 15.4 Å². The summed E-state index contributed by atoms with van der Waals surface area (Å²) in [6.45, 7) is 0. The minimum Gasteiger partial charge on any atom is -0.465 e. The molecule has 7 nitrogen and oxygen atoms in total. The van der Waals surface area contributed by atoms with E-state index in [0.717, 1.165) is 0 Å². The molecule has 18 heavy (non-hydrogen) atoms. The first-order valence-corrected chi connectivity index (χ1v) is 5.64. The maximum Gasteiger partial charge on any atom is 0.409 e. The Morgan fingerprint density at radius 3 is 2.83 bits per heavy atom. The third-order valence-corrected chi connectivity index (χ3v) is 2.94. The molecule has 1 aromatic carbocycles. The van der Waals surface area contributed by atoms with Crippen molar-refractivity contribution < 1.29 is 14.8 Å². The number of nitrogens with zero attached hydrogens (tertiary/aromatic N) is 2. The number of nitro benzene ring substituents is 1. The average molecular weight is 265 g/mol. The predicted octanol–water partition coefficient (Wildman–Crippen LogP) is 2.81. The maximum absolute atomic E-state index is 10.9. The zero-order chi connectivity index (χ0) is 13.1. The maximum atomic E-state index is 10.9. The van der Waals surface area contributed by atoms with Crippen LogP contribution in [0.4, 0.5) is 16.2 Å². The van der Waals surface area contributed by atoms with E-state index in [-0.39, 0.29) is 11.4 Å². The van der Waals surface area contributed by atoms with E-state index in [0.29, 0.717) is 10.6 Å². The molecule has 0 fully saturated rings.